The van der Waals surface area contributed by atoms with Gasteiger partial charge >= 0.3 is 0 Å². The van der Waals surface area contributed by atoms with Gasteiger partial charge in [0, 0.05) is 6.54 Å². The van der Waals surface area contributed by atoms with Crippen molar-refractivity contribution in [3.8, 4) is 0 Å². The van der Waals surface area contributed by atoms with E-state index in [2.05, 4.69) is 0 Å². The molecule has 2 rings (SSSR count). The van der Waals surface area contributed by atoms with Crippen LogP contribution in [0.15, 0.2) is 24.3 Å². The van der Waals surface area contributed by atoms with E-state index < -0.39 is 10.2 Å². The van der Waals surface area contributed by atoms with E-state index >= 15 is 0 Å². The highest BCUT2D eigenvalue weighted by atomic mass is 32.2. The van der Waals surface area contributed by atoms with Gasteiger partial charge in [-0.05, 0) is 18.1 Å². The van der Waals surface area contributed by atoms with Gasteiger partial charge in [0.25, 0.3) is 10.2 Å². The van der Waals surface area contributed by atoms with Crippen molar-refractivity contribution >= 4 is 15.9 Å². The van der Waals surface area contributed by atoms with Gasteiger partial charge in [0.05, 0.1) is 5.69 Å². The Labute approximate surface area is 77.2 Å². The standard InChI is InChI=1S/C8H10N2O2S/c9-13(11,12)10-6-5-7-3-1-2-4-8(7)10/h1-4H,5-6H2,(H2,9,11,12). The lowest BCUT2D eigenvalue weighted by Gasteiger charge is -2.15. The van der Waals surface area contributed by atoms with Crippen LogP contribution in [0.25, 0.3) is 0 Å². The molecule has 2 N–H and O–H groups in total. The van der Waals surface area contributed by atoms with Crippen LogP contribution >= 0.6 is 0 Å². The first-order chi connectivity index (χ1) is 6.09. The number of benzene rings is 1. The van der Waals surface area contributed by atoms with Crippen LogP contribution in [-0.2, 0) is 16.6 Å². The molecule has 4 nitrogen and oxygen atoms in total. The number of hydrogen-bond acceptors (Lipinski definition) is 2. The van der Waals surface area contributed by atoms with Crippen LogP contribution < -0.4 is 9.44 Å². The summed E-state index contributed by atoms with van der Waals surface area (Å²) >= 11 is 0. The van der Waals surface area contributed by atoms with Crippen molar-refractivity contribution in [2.75, 3.05) is 10.8 Å². The van der Waals surface area contributed by atoms with Gasteiger partial charge < -0.3 is 0 Å². The summed E-state index contributed by atoms with van der Waals surface area (Å²) in [4.78, 5) is 0. The van der Waals surface area contributed by atoms with Gasteiger partial charge in [-0.3, -0.25) is 4.31 Å². The second-order valence-corrected chi connectivity index (χ2v) is 4.47. The van der Waals surface area contributed by atoms with Gasteiger partial charge in [-0.1, -0.05) is 18.2 Å². The first kappa shape index (κ1) is 8.52. The minimum Gasteiger partial charge on any atom is -0.257 e. The van der Waals surface area contributed by atoms with Crippen LogP contribution in [0, 0.1) is 0 Å². The summed E-state index contributed by atoms with van der Waals surface area (Å²) < 4.78 is 23.4. The molecule has 1 aromatic carbocycles. The Kier molecular flexibility index (Phi) is 1.78. The van der Waals surface area contributed by atoms with E-state index in [1.165, 1.54) is 4.31 Å². The van der Waals surface area contributed by atoms with Crippen molar-refractivity contribution in [3.63, 3.8) is 0 Å². The first-order valence-electron chi connectivity index (χ1n) is 3.97. The quantitative estimate of drug-likeness (QED) is 0.703. The smallest absolute Gasteiger partial charge is 0.257 e. The predicted molar refractivity (Wildman–Crippen MR) is 50.6 cm³/mol. The molecule has 1 aliphatic heterocycles. The van der Waals surface area contributed by atoms with E-state index in [9.17, 15) is 8.42 Å². The topological polar surface area (TPSA) is 63.4 Å². The van der Waals surface area contributed by atoms with Gasteiger partial charge in [-0.15, -0.1) is 0 Å². The van der Waals surface area contributed by atoms with Crippen molar-refractivity contribution in [2.24, 2.45) is 5.14 Å². The molecule has 1 aliphatic rings. The first-order valence-corrected chi connectivity index (χ1v) is 5.48. The molecule has 0 aromatic heterocycles. The van der Waals surface area contributed by atoms with Crippen LogP contribution in [0.3, 0.4) is 0 Å². The molecule has 1 aromatic rings. The largest absolute Gasteiger partial charge is 0.299 e. The molecule has 70 valence electrons. The maximum atomic E-state index is 11.1. The predicted octanol–water partition coefficient (Wildman–Crippen LogP) is 0.253. The summed E-state index contributed by atoms with van der Waals surface area (Å²) in [6, 6.07) is 7.39. The molecule has 13 heavy (non-hydrogen) atoms. The number of nitrogens with zero attached hydrogens (tertiary/aromatic N) is 1. The Bertz CT molecular complexity index is 428. The average Bonchev–Trinajstić information content (AvgIpc) is 2.45. The molecule has 0 fully saturated rings. The Morgan fingerprint density at radius 1 is 1.31 bits per heavy atom. The zero-order valence-corrected chi connectivity index (χ0v) is 7.79. The molecule has 0 spiro atoms. The molecule has 0 saturated heterocycles. The Hall–Kier alpha value is -1.07. The minimum absolute atomic E-state index is 0.457. The van der Waals surface area contributed by atoms with Crippen LogP contribution in [0.5, 0.6) is 0 Å². The Morgan fingerprint density at radius 2 is 2.00 bits per heavy atom. The van der Waals surface area contributed by atoms with E-state index in [0.29, 0.717) is 12.2 Å². The molecular formula is C8H10N2O2S. The van der Waals surface area contributed by atoms with Gasteiger partial charge in [0.15, 0.2) is 0 Å². The van der Waals surface area contributed by atoms with Gasteiger partial charge in [0.1, 0.15) is 0 Å². The van der Waals surface area contributed by atoms with E-state index in [0.717, 1.165) is 12.0 Å². The molecule has 0 bridgehead atoms. The number of nitrogens with two attached hydrogens (primary N) is 1. The second-order valence-electron chi connectivity index (χ2n) is 3.00. The fourth-order valence-electron chi connectivity index (χ4n) is 1.57. The molecule has 1 heterocycles. The van der Waals surface area contributed by atoms with Crippen molar-refractivity contribution in [1.29, 1.82) is 0 Å². The van der Waals surface area contributed by atoms with Crippen molar-refractivity contribution in [3.05, 3.63) is 29.8 Å². The third kappa shape index (κ3) is 1.40. The third-order valence-electron chi connectivity index (χ3n) is 2.15. The van der Waals surface area contributed by atoms with Gasteiger partial charge in [0.2, 0.25) is 0 Å². The average molecular weight is 198 g/mol. The molecule has 5 heteroatoms. The number of fused-ring (bicyclic) bond motifs is 1. The number of para-hydroxylation sites is 1. The van der Waals surface area contributed by atoms with E-state index in [1.54, 1.807) is 6.07 Å². The zero-order chi connectivity index (χ0) is 9.47. The molecule has 0 radical (unpaired) electrons. The molecule has 0 atom stereocenters. The maximum absolute atomic E-state index is 11.1. The lowest BCUT2D eigenvalue weighted by molar-refractivity contribution is 0.594. The summed E-state index contributed by atoms with van der Waals surface area (Å²) in [5.74, 6) is 0. The van der Waals surface area contributed by atoms with Crippen LogP contribution in [0.4, 0.5) is 5.69 Å². The summed E-state index contributed by atoms with van der Waals surface area (Å²) in [5.41, 5.74) is 1.75. The summed E-state index contributed by atoms with van der Waals surface area (Å²) in [6.45, 7) is 0.457. The number of rotatable bonds is 1. The van der Waals surface area contributed by atoms with Gasteiger partial charge in [-0.2, -0.15) is 8.42 Å². The van der Waals surface area contributed by atoms with Crippen LogP contribution in [0.1, 0.15) is 5.56 Å². The van der Waals surface area contributed by atoms with Gasteiger partial charge in [-0.25, -0.2) is 5.14 Å². The van der Waals surface area contributed by atoms with Crippen molar-refractivity contribution in [1.82, 2.24) is 0 Å². The zero-order valence-electron chi connectivity index (χ0n) is 6.97. The Balaban J connectivity index is 2.51. The fourth-order valence-corrected chi connectivity index (χ4v) is 2.37. The summed E-state index contributed by atoms with van der Waals surface area (Å²) in [6.07, 6.45) is 0.743. The number of hydrogen-bond donors (Lipinski definition) is 1. The lowest BCUT2D eigenvalue weighted by Crippen LogP contribution is -2.35. The van der Waals surface area contributed by atoms with Crippen LogP contribution in [-0.4, -0.2) is 15.0 Å². The molecule has 0 unspecified atom stereocenters. The van der Waals surface area contributed by atoms with Crippen LogP contribution in [0.2, 0.25) is 0 Å². The van der Waals surface area contributed by atoms with E-state index in [4.69, 9.17) is 5.14 Å². The maximum Gasteiger partial charge on any atom is 0.299 e. The second kappa shape index (κ2) is 2.71. The number of anilines is 1. The highest BCUT2D eigenvalue weighted by molar-refractivity contribution is 7.90. The molecule has 0 aliphatic carbocycles. The minimum atomic E-state index is -3.58. The van der Waals surface area contributed by atoms with Crippen molar-refractivity contribution in [2.45, 2.75) is 6.42 Å². The highest BCUT2D eigenvalue weighted by Crippen LogP contribution is 2.28. The molecule has 0 amide bonds. The summed E-state index contributed by atoms with van der Waals surface area (Å²) in [5, 5.41) is 5.05. The normalized spacial score (nSPS) is 15.9. The molecule has 0 saturated carbocycles. The van der Waals surface area contributed by atoms with Crippen molar-refractivity contribution < 1.29 is 8.42 Å². The summed E-state index contributed by atoms with van der Waals surface area (Å²) in [7, 11) is -3.58. The Morgan fingerprint density at radius 3 is 2.69 bits per heavy atom. The third-order valence-corrected chi connectivity index (χ3v) is 3.15. The SMILES string of the molecule is NS(=O)(=O)N1CCc2ccccc21. The lowest BCUT2D eigenvalue weighted by atomic mass is 10.2. The molecular weight excluding hydrogens is 188 g/mol. The highest BCUT2D eigenvalue weighted by Gasteiger charge is 2.25. The van der Waals surface area contributed by atoms with E-state index in [-0.39, 0.29) is 0 Å². The monoisotopic (exact) mass is 198 g/mol. The fraction of sp³-hybridized carbons (Fsp3) is 0.250. The van der Waals surface area contributed by atoms with E-state index in [1.807, 2.05) is 18.2 Å².